The molecule has 0 saturated carbocycles. The van der Waals surface area contributed by atoms with Gasteiger partial charge >= 0.3 is 0 Å². The second-order valence-electron chi connectivity index (χ2n) is 6.58. The molecule has 1 unspecified atom stereocenters. The van der Waals surface area contributed by atoms with Crippen molar-refractivity contribution in [3.63, 3.8) is 0 Å². The third-order valence-electron chi connectivity index (χ3n) is 5.31. The summed E-state index contributed by atoms with van der Waals surface area (Å²) >= 11 is 0. The van der Waals surface area contributed by atoms with Crippen LogP contribution in [0.2, 0.25) is 0 Å². The molecule has 0 aromatic carbocycles. The third-order valence-corrected chi connectivity index (χ3v) is 5.31. The van der Waals surface area contributed by atoms with Gasteiger partial charge in [-0.25, -0.2) is 0 Å². The summed E-state index contributed by atoms with van der Waals surface area (Å²) in [6.45, 7) is 1.15. The van der Waals surface area contributed by atoms with Crippen molar-refractivity contribution in [3.8, 4) is 0 Å². The van der Waals surface area contributed by atoms with E-state index in [1.165, 1.54) is 55.4 Å². The van der Waals surface area contributed by atoms with Crippen LogP contribution in [-0.4, -0.2) is 23.3 Å². The average molecular weight is 269 g/mol. The zero-order valence-corrected chi connectivity index (χ0v) is 12.2. The van der Waals surface area contributed by atoms with Gasteiger partial charge in [0.2, 0.25) is 0 Å². The predicted octanol–water partition coefficient (Wildman–Crippen LogP) is 3.90. The van der Waals surface area contributed by atoms with Gasteiger partial charge in [-0.3, -0.25) is 4.79 Å². The van der Waals surface area contributed by atoms with E-state index >= 15 is 0 Å². The van der Waals surface area contributed by atoms with Crippen LogP contribution in [0.5, 0.6) is 0 Å². The second kappa shape index (κ2) is 4.91. The van der Waals surface area contributed by atoms with Crippen LogP contribution in [0.3, 0.4) is 0 Å². The van der Waals surface area contributed by atoms with Crippen molar-refractivity contribution < 1.29 is 4.79 Å². The molecule has 0 radical (unpaired) electrons. The van der Waals surface area contributed by atoms with E-state index in [2.05, 4.69) is 17.1 Å². The maximum atomic E-state index is 12.7. The van der Waals surface area contributed by atoms with Gasteiger partial charge in [0, 0.05) is 24.6 Å². The molecule has 2 aliphatic heterocycles. The zero-order chi connectivity index (χ0) is 13.5. The molecule has 1 atom stereocenters. The standard InChI is InChI=1S/C18H23NO/c20-16-12-15-10-5-11-19(15)18(14-8-3-4-9-14)17(16)13-6-1-2-7-13/h6,8,15H,1-5,7,9-12H2. The van der Waals surface area contributed by atoms with Gasteiger partial charge in [0.05, 0.1) is 5.70 Å². The zero-order valence-electron chi connectivity index (χ0n) is 12.2. The first-order valence-corrected chi connectivity index (χ1v) is 8.27. The fraction of sp³-hybridized carbons (Fsp3) is 0.611. The summed E-state index contributed by atoms with van der Waals surface area (Å²) in [6, 6.07) is 0.491. The first kappa shape index (κ1) is 12.4. The number of hydrogen-bond donors (Lipinski definition) is 0. The van der Waals surface area contributed by atoms with Gasteiger partial charge in [0.15, 0.2) is 5.78 Å². The summed E-state index contributed by atoms with van der Waals surface area (Å²) in [6.07, 6.45) is 15.0. The SMILES string of the molecule is O=C1CC2CCCN2C(C2=CCCC2)=C1C1=CCCC1. The minimum Gasteiger partial charge on any atom is -0.367 e. The van der Waals surface area contributed by atoms with Gasteiger partial charge in [-0.05, 0) is 62.5 Å². The van der Waals surface area contributed by atoms with Crippen LogP contribution in [0.1, 0.15) is 57.8 Å². The van der Waals surface area contributed by atoms with E-state index in [0.717, 1.165) is 31.4 Å². The molecule has 0 aromatic heterocycles. The van der Waals surface area contributed by atoms with E-state index in [9.17, 15) is 4.79 Å². The molecule has 20 heavy (non-hydrogen) atoms. The normalized spacial score (nSPS) is 29.9. The van der Waals surface area contributed by atoms with E-state index in [-0.39, 0.29) is 0 Å². The Hall–Kier alpha value is -1.31. The molecule has 1 saturated heterocycles. The smallest absolute Gasteiger partial charge is 0.167 e. The Bertz CT molecular complexity index is 538. The molecule has 106 valence electrons. The summed E-state index contributed by atoms with van der Waals surface area (Å²) < 4.78 is 0. The van der Waals surface area contributed by atoms with Crippen LogP contribution in [0.4, 0.5) is 0 Å². The fourth-order valence-electron chi connectivity index (χ4n) is 4.39. The Morgan fingerprint density at radius 3 is 2.45 bits per heavy atom. The quantitative estimate of drug-likeness (QED) is 0.758. The molecule has 1 fully saturated rings. The summed E-state index contributed by atoms with van der Waals surface area (Å²) in [5, 5.41) is 0. The third kappa shape index (κ3) is 1.88. The summed E-state index contributed by atoms with van der Waals surface area (Å²) in [5.41, 5.74) is 5.26. The van der Waals surface area contributed by atoms with Crippen molar-refractivity contribution in [1.29, 1.82) is 0 Å². The van der Waals surface area contributed by atoms with Crippen molar-refractivity contribution in [3.05, 3.63) is 34.6 Å². The molecule has 4 rings (SSSR count). The first-order chi connectivity index (χ1) is 9.84. The van der Waals surface area contributed by atoms with Crippen LogP contribution < -0.4 is 0 Å². The molecule has 0 amide bonds. The minimum absolute atomic E-state index is 0.420. The van der Waals surface area contributed by atoms with Gasteiger partial charge < -0.3 is 4.90 Å². The van der Waals surface area contributed by atoms with Gasteiger partial charge in [-0.15, -0.1) is 0 Å². The highest BCUT2D eigenvalue weighted by Gasteiger charge is 2.39. The van der Waals surface area contributed by atoms with E-state index in [0.29, 0.717) is 11.8 Å². The molecule has 0 N–H and O–H groups in total. The Labute approximate surface area is 121 Å². The number of Topliss-reactive ketones (excluding diaryl/α,β-unsaturated/α-hetero) is 1. The Balaban J connectivity index is 1.85. The maximum absolute atomic E-state index is 12.7. The van der Waals surface area contributed by atoms with Crippen LogP contribution in [-0.2, 0) is 4.79 Å². The van der Waals surface area contributed by atoms with Gasteiger partial charge in [-0.2, -0.15) is 0 Å². The molecular weight excluding hydrogens is 246 g/mol. The van der Waals surface area contributed by atoms with Gasteiger partial charge in [0.1, 0.15) is 0 Å². The lowest BCUT2D eigenvalue weighted by Crippen LogP contribution is -2.38. The number of fused-ring (bicyclic) bond motifs is 1. The monoisotopic (exact) mass is 269 g/mol. The summed E-state index contributed by atoms with van der Waals surface area (Å²) in [5.74, 6) is 0.420. The highest BCUT2D eigenvalue weighted by atomic mass is 16.1. The average Bonchev–Trinajstić information content (AvgIpc) is 3.19. The molecule has 2 aliphatic carbocycles. The van der Waals surface area contributed by atoms with Gasteiger partial charge in [-0.1, -0.05) is 12.2 Å². The van der Waals surface area contributed by atoms with Crippen molar-refractivity contribution in [2.24, 2.45) is 0 Å². The Kier molecular flexibility index (Phi) is 3.05. The maximum Gasteiger partial charge on any atom is 0.167 e. The molecule has 2 heterocycles. The molecule has 0 spiro atoms. The minimum atomic E-state index is 0.420. The summed E-state index contributed by atoms with van der Waals surface area (Å²) in [7, 11) is 0. The summed E-state index contributed by atoms with van der Waals surface area (Å²) in [4.78, 5) is 15.3. The highest BCUT2D eigenvalue weighted by molar-refractivity contribution is 6.02. The molecule has 0 aromatic rings. The number of carbonyl (C=O) groups is 1. The number of ketones is 1. The molecule has 2 heteroatoms. The van der Waals surface area contributed by atoms with E-state index in [1.807, 2.05) is 0 Å². The van der Waals surface area contributed by atoms with Crippen molar-refractivity contribution in [1.82, 2.24) is 4.90 Å². The second-order valence-corrected chi connectivity index (χ2v) is 6.58. The van der Waals surface area contributed by atoms with Gasteiger partial charge in [0.25, 0.3) is 0 Å². The molecule has 4 aliphatic rings. The van der Waals surface area contributed by atoms with Crippen LogP contribution in [0.15, 0.2) is 34.6 Å². The lowest BCUT2D eigenvalue weighted by Gasteiger charge is -2.36. The van der Waals surface area contributed by atoms with Crippen molar-refractivity contribution in [2.75, 3.05) is 6.54 Å². The van der Waals surface area contributed by atoms with Crippen molar-refractivity contribution >= 4 is 5.78 Å². The molecular formula is C18H23NO. The predicted molar refractivity (Wildman–Crippen MR) is 80.2 cm³/mol. The molecule has 2 nitrogen and oxygen atoms in total. The van der Waals surface area contributed by atoms with E-state index in [4.69, 9.17) is 0 Å². The lowest BCUT2D eigenvalue weighted by atomic mass is 9.87. The number of hydrogen-bond acceptors (Lipinski definition) is 2. The largest absolute Gasteiger partial charge is 0.367 e. The topological polar surface area (TPSA) is 20.3 Å². The number of nitrogens with zero attached hydrogens (tertiary/aromatic N) is 1. The van der Waals surface area contributed by atoms with Crippen LogP contribution >= 0.6 is 0 Å². The van der Waals surface area contributed by atoms with E-state index < -0.39 is 0 Å². The fourth-order valence-corrected chi connectivity index (χ4v) is 4.39. The van der Waals surface area contributed by atoms with E-state index in [1.54, 1.807) is 0 Å². The lowest BCUT2D eigenvalue weighted by molar-refractivity contribution is -0.117. The van der Waals surface area contributed by atoms with Crippen LogP contribution in [0.25, 0.3) is 0 Å². The number of allylic oxidation sites excluding steroid dienone is 5. The molecule has 0 bridgehead atoms. The first-order valence-electron chi connectivity index (χ1n) is 8.27. The van der Waals surface area contributed by atoms with Crippen LogP contribution in [0, 0.1) is 0 Å². The Morgan fingerprint density at radius 2 is 1.75 bits per heavy atom. The number of carbonyl (C=O) groups excluding carboxylic acids is 1. The number of rotatable bonds is 2. The van der Waals surface area contributed by atoms with Crippen molar-refractivity contribution in [2.45, 2.75) is 63.8 Å². The Morgan fingerprint density at radius 1 is 1.00 bits per heavy atom. The highest BCUT2D eigenvalue weighted by Crippen LogP contribution is 2.42.